The number of phenolic OH excluding ortho intramolecular Hbond substituents is 1. The van der Waals surface area contributed by atoms with Crippen molar-refractivity contribution in [2.24, 2.45) is 0 Å². The minimum absolute atomic E-state index is 0.211. The Labute approximate surface area is 120 Å². The van der Waals surface area contributed by atoms with Gasteiger partial charge in [-0.1, -0.05) is 22.0 Å². The molecule has 4 heteroatoms. The number of rotatable bonds is 5. The summed E-state index contributed by atoms with van der Waals surface area (Å²) in [7, 11) is 0. The topological polar surface area (TPSA) is 38.7 Å². The molecule has 0 spiro atoms. The van der Waals surface area contributed by atoms with Crippen molar-refractivity contribution in [2.45, 2.75) is 6.92 Å². The largest absolute Gasteiger partial charge is 0.508 e. The van der Waals surface area contributed by atoms with Gasteiger partial charge in [0.05, 0.1) is 0 Å². The second-order valence-electron chi connectivity index (χ2n) is 4.16. The Morgan fingerprint density at radius 1 is 1.00 bits per heavy atom. The van der Waals surface area contributed by atoms with E-state index in [1.165, 1.54) is 0 Å². The zero-order chi connectivity index (χ0) is 13.7. The predicted molar refractivity (Wildman–Crippen MR) is 78.0 cm³/mol. The highest BCUT2D eigenvalue weighted by atomic mass is 79.9. The van der Waals surface area contributed by atoms with E-state index < -0.39 is 0 Å². The third kappa shape index (κ3) is 4.48. The molecule has 3 nitrogen and oxygen atoms in total. The maximum absolute atomic E-state index is 9.44. The number of phenols is 1. The number of benzene rings is 2. The predicted octanol–water partition coefficient (Wildman–Crippen LogP) is 3.92. The van der Waals surface area contributed by atoms with Gasteiger partial charge in [0.1, 0.15) is 30.5 Å². The van der Waals surface area contributed by atoms with Gasteiger partial charge in [0.25, 0.3) is 0 Å². The van der Waals surface area contributed by atoms with Gasteiger partial charge in [-0.25, -0.2) is 0 Å². The van der Waals surface area contributed by atoms with Crippen molar-refractivity contribution in [3.8, 4) is 17.2 Å². The van der Waals surface area contributed by atoms with E-state index in [4.69, 9.17) is 9.47 Å². The van der Waals surface area contributed by atoms with Crippen LogP contribution in [0, 0.1) is 6.92 Å². The van der Waals surface area contributed by atoms with Crippen LogP contribution in [0.3, 0.4) is 0 Å². The average molecular weight is 323 g/mol. The molecule has 0 unspecified atom stereocenters. The number of aromatic hydroxyl groups is 1. The Balaban J connectivity index is 1.80. The summed E-state index contributed by atoms with van der Waals surface area (Å²) in [5, 5.41) is 9.44. The van der Waals surface area contributed by atoms with Crippen LogP contribution in [0.1, 0.15) is 5.56 Å². The molecule has 0 heterocycles. The Hall–Kier alpha value is -1.68. The second kappa shape index (κ2) is 6.48. The van der Waals surface area contributed by atoms with Crippen LogP contribution in [0.15, 0.2) is 46.9 Å². The molecule has 2 aromatic carbocycles. The van der Waals surface area contributed by atoms with Gasteiger partial charge in [0.2, 0.25) is 0 Å². The van der Waals surface area contributed by atoms with Crippen LogP contribution in [0.5, 0.6) is 17.2 Å². The Morgan fingerprint density at radius 2 is 1.74 bits per heavy atom. The smallest absolute Gasteiger partial charge is 0.123 e. The van der Waals surface area contributed by atoms with E-state index >= 15 is 0 Å². The molecule has 1 N–H and O–H groups in total. The molecule has 0 amide bonds. The Bertz CT molecular complexity index is 535. The molecule has 0 saturated carbocycles. The van der Waals surface area contributed by atoms with Crippen LogP contribution >= 0.6 is 15.9 Å². The summed E-state index contributed by atoms with van der Waals surface area (Å²) in [6.45, 7) is 2.78. The van der Waals surface area contributed by atoms with Gasteiger partial charge in [0, 0.05) is 10.5 Å². The van der Waals surface area contributed by atoms with Crippen molar-refractivity contribution in [1.82, 2.24) is 0 Å². The minimum Gasteiger partial charge on any atom is -0.508 e. The zero-order valence-electron chi connectivity index (χ0n) is 10.6. The molecule has 0 atom stereocenters. The lowest BCUT2D eigenvalue weighted by molar-refractivity contribution is 0.216. The number of aryl methyl sites for hydroxylation is 1. The zero-order valence-corrected chi connectivity index (χ0v) is 12.2. The van der Waals surface area contributed by atoms with E-state index in [0.29, 0.717) is 19.0 Å². The molecule has 0 bridgehead atoms. The normalized spacial score (nSPS) is 10.2. The fourth-order valence-corrected chi connectivity index (χ4v) is 2.07. The van der Waals surface area contributed by atoms with Gasteiger partial charge >= 0.3 is 0 Å². The average Bonchev–Trinajstić information content (AvgIpc) is 2.34. The Kier molecular flexibility index (Phi) is 4.68. The molecule has 0 aliphatic carbocycles. The standard InChI is InChI=1S/C15H15BrO3/c1-11-7-13(17)10-15(8-11)19-6-5-18-14-4-2-3-12(16)9-14/h2-4,7-10,17H,5-6H2,1H3. The molecule has 0 aliphatic heterocycles. The van der Waals surface area contributed by atoms with E-state index in [2.05, 4.69) is 15.9 Å². The summed E-state index contributed by atoms with van der Waals surface area (Å²) in [6.07, 6.45) is 0. The van der Waals surface area contributed by atoms with E-state index in [1.54, 1.807) is 12.1 Å². The van der Waals surface area contributed by atoms with Crippen molar-refractivity contribution in [1.29, 1.82) is 0 Å². The van der Waals surface area contributed by atoms with Crippen LogP contribution in [0.2, 0.25) is 0 Å². The first-order valence-electron chi connectivity index (χ1n) is 5.95. The molecule has 0 saturated heterocycles. The molecule has 0 fully saturated rings. The molecule has 100 valence electrons. The summed E-state index contributed by atoms with van der Waals surface area (Å²) in [5.74, 6) is 1.66. The third-order valence-corrected chi connectivity index (χ3v) is 2.95. The monoisotopic (exact) mass is 322 g/mol. The van der Waals surface area contributed by atoms with Crippen molar-refractivity contribution < 1.29 is 14.6 Å². The van der Waals surface area contributed by atoms with Crippen molar-refractivity contribution in [3.05, 3.63) is 52.5 Å². The number of hydrogen-bond acceptors (Lipinski definition) is 3. The van der Waals surface area contributed by atoms with Crippen molar-refractivity contribution in [2.75, 3.05) is 13.2 Å². The molecule has 0 radical (unpaired) electrons. The molecule has 2 aromatic rings. The lowest BCUT2D eigenvalue weighted by Crippen LogP contribution is -2.09. The lowest BCUT2D eigenvalue weighted by Gasteiger charge is -2.09. The van der Waals surface area contributed by atoms with Crippen LogP contribution in [-0.2, 0) is 0 Å². The lowest BCUT2D eigenvalue weighted by atomic mass is 10.2. The van der Waals surface area contributed by atoms with Crippen LogP contribution in [0.25, 0.3) is 0 Å². The van der Waals surface area contributed by atoms with Gasteiger partial charge in [-0.3, -0.25) is 0 Å². The number of hydrogen-bond donors (Lipinski definition) is 1. The number of halogens is 1. The minimum atomic E-state index is 0.211. The fourth-order valence-electron chi connectivity index (χ4n) is 1.69. The maximum Gasteiger partial charge on any atom is 0.123 e. The van der Waals surface area contributed by atoms with E-state index in [-0.39, 0.29) is 5.75 Å². The van der Waals surface area contributed by atoms with Gasteiger partial charge in [-0.15, -0.1) is 0 Å². The van der Waals surface area contributed by atoms with E-state index in [9.17, 15) is 5.11 Å². The third-order valence-electron chi connectivity index (χ3n) is 2.45. The fraction of sp³-hybridized carbons (Fsp3) is 0.200. The van der Waals surface area contributed by atoms with Gasteiger partial charge < -0.3 is 14.6 Å². The summed E-state index contributed by atoms with van der Waals surface area (Å²) >= 11 is 3.38. The highest BCUT2D eigenvalue weighted by Crippen LogP contribution is 2.21. The van der Waals surface area contributed by atoms with Crippen LogP contribution < -0.4 is 9.47 Å². The second-order valence-corrected chi connectivity index (χ2v) is 5.07. The summed E-state index contributed by atoms with van der Waals surface area (Å²) < 4.78 is 12.1. The highest BCUT2D eigenvalue weighted by Gasteiger charge is 1.99. The first kappa shape index (κ1) is 13.7. The SMILES string of the molecule is Cc1cc(O)cc(OCCOc2cccc(Br)c2)c1. The van der Waals surface area contributed by atoms with Gasteiger partial charge in [0.15, 0.2) is 0 Å². The molecule has 0 aliphatic rings. The summed E-state index contributed by atoms with van der Waals surface area (Å²) in [6, 6.07) is 12.8. The van der Waals surface area contributed by atoms with Gasteiger partial charge in [-0.2, -0.15) is 0 Å². The highest BCUT2D eigenvalue weighted by molar-refractivity contribution is 9.10. The van der Waals surface area contributed by atoms with E-state index in [0.717, 1.165) is 15.8 Å². The summed E-state index contributed by atoms with van der Waals surface area (Å²) in [4.78, 5) is 0. The molecular weight excluding hydrogens is 308 g/mol. The summed E-state index contributed by atoms with van der Waals surface area (Å²) in [5.41, 5.74) is 0.961. The van der Waals surface area contributed by atoms with Crippen molar-refractivity contribution in [3.63, 3.8) is 0 Å². The first-order chi connectivity index (χ1) is 9.13. The van der Waals surface area contributed by atoms with Crippen molar-refractivity contribution >= 4 is 15.9 Å². The molecular formula is C15H15BrO3. The molecule has 0 aromatic heterocycles. The van der Waals surface area contributed by atoms with Crippen LogP contribution in [0.4, 0.5) is 0 Å². The van der Waals surface area contributed by atoms with Gasteiger partial charge in [-0.05, 0) is 42.8 Å². The van der Waals surface area contributed by atoms with Crippen LogP contribution in [-0.4, -0.2) is 18.3 Å². The molecule has 2 rings (SSSR count). The quantitative estimate of drug-likeness (QED) is 0.848. The van der Waals surface area contributed by atoms with E-state index in [1.807, 2.05) is 37.3 Å². The maximum atomic E-state index is 9.44. The Morgan fingerprint density at radius 3 is 2.42 bits per heavy atom. The first-order valence-corrected chi connectivity index (χ1v) is 6.74. The molecule has 19 heavy (non-hydrogen) atoms. The number of ether oxygens (including phenoxy) is 2.